The van der Waals surface area contributed by atoms with Crippen LogP contribution in [0.15, 0.2) is 43.5 Å². The van der Waals surface area contributed by atoms with Crippen molar-refractivity contribution in [2.75, 3.05) is 6.61 Å². The molecule has 0 aliphatic heterocycles. The Morgan fingerprint density at radius 2 is 2.18 bits per heavy atom. The molecule has 1 amide bonds. The minimum atomic E-state index is -0.219. The highest BCUT2D eigenvalue weighted by Gasteiger charge is 2.34. The molecule has 8 nitrogen and oxygen atoms in total. The summed E-state index contributed by atoms with van der Waals surface area (Å²) in [5.74, 6) is 0.402. The normalized spacial score (nSPS) is 15.6. The average Bonchev–Trinajstić information content (AvgIpc) is 3.42. The van der Waals surface area contributed by atoms with Gasteiger partial charge in [-0.2, -0.15) is 10.2 Å². The predicted molar refractivity (Wildman–Crippen MR) is 105 cm³/mol. The molecule has 1 aliphatic rings. The van der Waals surface area contributed by atoms with Gasteiger partial charge < -0.3 is 10.1 Å². The molecule has 1 fully saturated rings. The molecule has 0 bridgehead atoms. The van der Waals surface area contributed by atoms with Crippen LogP contribution in [0.4, 0.5) is 0 Å². The van der Waals surface area contributed by atoms with Gasteiger partial charge in [0.1, 0.15) is 5.52 Å². The van der Waals surface area contributed by atoms with Gasteiger partial charge in [-0.25, -0.2) is 9.50 Å². The first-order valence-corrected chi connectivity index (χ1v) is 9.49. The van der Waals surface area contributed by atoms with Gasteiger partial charge in [0.25, 0.3) is 0 Å². The van der Waals surface area contributed by atoms with Crippen LogP contribution in [0.2, 0.25) is 0 Å². The van der Waals surface area contributed by atoms with Crippen molar-refractivity contribution in [2.45, 2.75) is 37.6 Å². The Balaban J connectivity index is 1.53. The number of fused-ring (bicyclic) bond motifs is 1. The van der Waals surface area contributed by atoms with Crippen molar-refractivity contribution in [3.8, 4) is 17.1 Å². The summed E-state index contributed by atoms with van der Waals surface area (Å²) in [6.45, 7) is 4.02. The summed E-state index contributed by atoms with van der Waals surface area (Å²) in [5, 5.41) is 11.6. The Labute approximate surface area is 163 Å². The van der Waals surface area contributed by atoms with Crippen molar-refractivity contribution in [3.63, 3.8) is 0 Å². The molecule has 0 atom stereocenters. The molecule has 1 aliphatic carbocycles. The maximum atomic E-state index is 11.8. The first-order chi connectivity index (χ1) is 13.6. The van der Waals surface area contributed by atoms with Crippen LogP contribution in [0.5, 0.6) is 5.88 Å². The number of ether oxygens (including phenoxy) is 1. The third-order valence-electron chi connectivity index (χ3n) is 5.31. The number of aromatic nitrogens is 5. The minimum absolute atomic E-state index is 0.128. The fraction of sp³-hybridized carbons (Fsp3) is 0.400. The molecule has 0 aromatic carbocycles. The lowest BCUT2D eigenvalue weighted by atomic mass is 9.93. The molecule has 3 aromatic rings. The Morgan fingerprint density at radius 3 is 2.89 bits per heavy atom. The molecular weight excluding hydrogens is 356 g/mol. The van der Waals surface area contributed by atoms with Crippen molar-refractivity contribution in [1.29, 1.82) is 0 Å². The van der Waals surface area contributed by atoms with Gasteiger partial charge in [-0.15, -0.1) is 0 Å². The fourth-order valence-corrected chi connectivity index (χ4v) is 3.84. The van der Waals surface area contributed by atoms with Crippen LogP contribution in [0, 0.1) is 0 Å². The zero-order chi connectivity index (χ0) is 19.6. The first-order valence-electron chi connectivity index (χ1n) is 9.49. The van der Waals surface area contributed by atoms with E-state index in [-0.39, 0.29) is 11.4 Å². The molecule has 1 saturated carbocycles. The van der Waals surface area contributed by atoms with Crippen LogP contribution >= 0.6 is 0 Å². The van der Waals surface area contributed by atoms with Gasteiger partial charge in [-0.05, 0) is 25.0 Å². The van der Waals surface area contributed by atoms with E-state index in [9.17, 15) is 4.79 Å². The molecular formula is C20H24N6O2. The standard InChI is InChI=1S/C20H24N6O2/c1-3-18(27)24-20(7-4-5-8-20)9-11-28-19-17-6-10-21-26(17)14-16(23-19)15-12-22-25(2)13-15/h3,6,10,12-14H,1,4-5,7-9,11H2,2H3,(H,24,27). The lowest BCUT2D eigenvalue weighted by Gasteiger charge is -2.29. The summed E-state index contributed by atoms with van der Waals surface area (Å²) in [4.78, 5) is 16.5. The second-order valence-corrected chi connectivity index (χ2v) is 7.27. The van der Waals surface area contributed by atoms with Gasteiger partial charge in [-0.1, -0.05) is 19.4 Å². The number of rotatable bonds is 7. The van der Waals surface area contributed by atoms with Gasteiger partial charge in [0.15, 0.2) is 0 Å². The first kappa shape index (κ1) is 18.2. The van der Waals surface area contributed by atoms with Crippen molar-refractivity contribution >= 4 is 11.4 Å². The Bertz CT molecular complexity index is 999. The Hall–Kier alpha value is -3.16. The van der Waals surface area contributed by atoms with Crippen LogP contribution in [0.25, 0.3) is 16.8 Å². The van der Waals surface area contributed by atoms with E-state index in [2.05, 4.69) is 27.1 Å². The number of nitrogens with one attached hydrogen (secondary N) is 1. The van der Waals surface area contributed by atoms with Crippen LogP contribution in [-0.4, -0.2) is 42.4 Å². The smallest absolute Gasteiger partial charge is 0.243 e. The third-order valence-corrected chi connectivity index (χ3v) is 5.31. The van der Waals surface area contributed by atoms with E-state index in [1.165, 1.54) is 6.08 Å². The zero-order valence-electron chi connectivity index (χ0n) is 16.0. The topological polar surface area (TPSA) is 86.3 Å². The van der Waals surface area contributed by atoms with E-state index < -0.39 is 0 Å². The fourth-order valence-electron chi connectivity index (χ4n) is 3.84. The number of carbonyl (C=O) groups is 1. The van der Waals surface area contributed by atoms with Gasteiger partial charge in [0.05, 0.1) is 30.9 Å². The lowest BCUT2D eigenvalue weighted by Crippen LogP contribution is -2.46. The predicted octanol–water partition coefficient (Wildman–Crippen LogP) is 2.51. The molecule has 146 valence electrons. The summed E-state index contributed by atoms with van der Waals surface area (Å²) in [6.07, 6.45) is 13.4. The Morgan fingerprint density at radius 1 is 1.36 bits per heavy atom. The summed E-state index contributed by atoms with van der Waals surface area (Å²) < 4.78 is 9.56. The highest BCUT2D eigenvalue weighted by molar-refractivity contribution is 5.87. The SMILES string of the molecule is C=CC(=O)NC1(CCOc2nc(-c3cnn(C)c3)cn3nccc23)CCCC1. The molecule has 1 N–H and O–H groups in total. The molecule has 0 radical (unpaired) electrons. The minimum Gasteiger partial charge on any atom is -0.476 e. The summed E-state index contributed by atoms with van der Waals surface area (Å²) in [5.41, 5.74) is 2.23. The van der Waals surface area contributed by atoms with Crippen LogP contribution < -0.4 is 10.1 Å². The van der Waals surface area contributed by atoms with E-state index in [1.54, 1.807) is 21.6 Å². The van der Waals surface area contributed by atoms with E-state index in [1.807, 2.05) is 25.5 Å². The highest BCUT2D eigenvalue weighted by atomic mass is 16.5. The summed E-state index contributed by atoms with van der Waals surface area (Å²) in [7, 11) is 1.87. The number of nitrogens with zero attached hydrogens (tertiary/aromatic N) is 5. The van der Waals surface area contributed by atoms with E-state index >= 15 is 0 Å². The van der Waals surface area contributed by atoms with Crippen LogP contribution in [0.3, 0.4) is 0 Å². The second-order valence-electron chi connectivity index (χ2n) is 7.27. The van der Waals surface area contributed by atoms with Crippen molar-refractivity contribution in [3.05, 3.63) is 43.5 Å². The largest absolute Gasteiger partial charge is 0.476 e. The monoisotopic (exact) mass is 380 g/mol. The van der Waals surface area contributed by atoms with Crippen molar-refractivity contribution < 1.29 is 9.53 Å². The van der Waals surface area contributed by atoms with Gasteiger partial charge in [-0.3, -0.25) is 9.48 Å². The third kappa shape index (κ3) is 3.62. The molecule has 0 saturated heterocycles. The van der Waals surface area contributed by atoms with Crippen LogP contribution in [-0.2, 0) is 11.8 Å². The number of carbonyl (C=O) groups excluding carboxylic acids is 1. The number of hydrogen-bond acceptors (Lipinski definition) is 5. The average molecular weight is 380 g/mol. The maximum Gasteiger partial charge on any atom is 0.243 e. The van der Waals surface area contributed by atoms with Gasteiger partial charge in [0.2, 0.25) is 11.8 Å². The molecule has 0 unspecified atom stereocenters. The second kappa shape index (κ2) is 7.46. The molecule has 8 heteroatoms. The number of aryl methyl sites for hydroxylation is 1. The maximum absolute atomic E-state index is 11.8. The van der Waals surface area contributed by atoms with Crippen molar-refractivity contribution in [2.24, 2.45) is 7.05 Å². The highest BCUT2D eigenvalue weighted by Crippen LogP contribution is 2.33. The van der Waals surface area contributed by atoms with Gasteiger partial charge in [0, 0.05) is 30.8 Å². The molecule has 28 heavy (non-hydrogen) atoms. The molecule has 0 spiro atoms. The Kier molecular flexibility index (Phi) is 4.85. The summed E-state index contributed by atoms with van der Waals surface area (Å²) >= 11 is 0. The lowest BCUT2D eigenvalue weighted by molar-refractivity contribution is -0.118. The molecule has 3 aromatic heterocycles. The van der Waals surface area contributed by atoms with Gasteiger partial charge >= 0.3 is 0 Å². The van der Waals surface area contributed by atoms with E-state index in [4.69, 9.17) is 4.74 Å². The molecule has 4 rings (SSSR count). The zero-order valence-corrected chi connectivity index (χ0v) is 16.0. The van der Waals surface area contributed by atoms with Crippen molar-refractivity contribution in [1.82, 2.24) is 29.7 Å². The van der Waals surface area contributed by atoms with Crippen LogP contribution in [0.1, 0.15) is 32.1 Å². The quantitative estimate of drug-likeness (QED) is 0.637. The summed E-state index contributed by atoms with van der Waals surface area (Å²) in [6, 6.07) is 1.88. The molecule has 3 heterocycles. The number of hydrogen-bond donors (Lipinski definition) is 1. The van der Waals surface area contributed by atoms with E-state index in [0.29, 0.717) is 12.5 Å². The number of amides is 1. The van der Waals surface area contributed by atoms with E-state index in [0.717, 1.165) is 48.9 Å².